The first-order valence-corrected chi connectivity index (χ1v) is 8.66. The van der Waals surface area contributed by atoms with Crippen molar-refractivity contribution in [3.05, 3.63) is 28.2 Å². The molecule has 2 nitrogen and oxygen atoms in total. The zero-order valence-electron chi connectivity index (χ0n) is 13.2. The van der Waals surface area contributed by atoms with Gasteiger partial charge in [-0.2, -0.15) is 0 Å². The standard InChI is InChI=1S/C17H29BrN2/c1-4-6-10-20(11-7-5-2)17-9-8-16(18)13-15(17)12-14(3)19/h8-9,13-14H,4-7,10-12,19H2,1-3H3. The predicted octanol–water partition coefficient (Wildman–Crippen LogP) is 4.75. The van der Waals surface area contributed by atoms with E-state index in [9.17, 15) is 0 Å². The van der Waals surface area contributed by atoms with E-state index in [1.165, 1.54) is 36.9 Å². The maximum absolute atomic E-state index is 6.01. The van der Waals surface area contributed by atoms with E-state index < -0.39 is 0 Å². The summed E-state index contributed by atoms with van der Waals surface area (Å²) in [7, 11) is 0. The molecule has 1 rings (SSSR count). The van der Waals surface area contributed by atoms with Crippen LogP contribution in [-0.2, 0) is 6.42 Å². The van der Waals surface area contributed by atoms with Gasteiger partial charge in [-0.25, -0.2) is 0 Å². The summed E-state index contributed by atoms with van der Waals surface area (Å²) in [5, 5.41) is 0. The van der Waals surface area contributed by atoms with Crippen molar-refractivity contribution in [2.24, 2.45) is 5.73 Å². The summed E-state index contributed by atoms with van der Waals surface area (Å²) >= 11 is 3.58. The van der Waals surface area contributed by atoms with Crippen molar-refractivity contribution in [2.75, 3.05) is 18.0 Å². The third-order valence-electron chi connectivity index (χ3n) is 3.49. The fourth-order valence-electron chi connectivity index (χ4n) is 2.42. The number of halogens is 1. The second-order valence-corrected chi connectivity index (χ2v) is 6.56. The molecule has 0 bridgehead atoms. The van der Waals surface area contributed by atoms with Gasteiger partial charge in [0.2, 0.25) is 0 Å². The molecule has 20 heavy (non-hydrogen) atoms. The zero-order chi connectivity index (χ0) is 15.0. The Morgan fingerprint density at radius 3 is 2.25 bits per heavy atom. The molecule has 2 N–H and O–H groups in total. The Kier molecular flexibility index (Phi) is 8.24. The molecule has 0 aliphatic heterocycles. The zero-order valence-corrected chi connectivity index (χ0v) is 14.7. The normalized spacial score (nSPS) is 12.4. The number of hydrogen-bond donors (Lipinski definition) is 1. The topological polar surface area (TPSA) is 29.3 Å². The van der Waals surface area contributed by atoms with Crippen molar-refractivity contribution in [3.8, 4) is 0 Å². The predicted molar refractivity (Wildman–Crippen MR) is 93.5 cm³/mol. The van der Waals surface area contributed by atoms with E-state index in [2.05, 4.69) is 59.8 Å². The second kappa shape index (κ2) is 9.41. The summed E-state index contributed by atoms with van der Waals surface area (Å²) in [5.41, 5.74) is 8.74. The van der Waals surface area contributed by atoms with Gasteiger partial charge in [0.05, 0.1) is 0 Å². The van der Waals surface area contributed by atoms with Crippen LogP contribution in [0, 0.1) is 0 Å². The van der Waals surface area contributed by atoms with E-state index in [-0.39, 0.29) is 6.04 Å². The van der Waals surface area contributed by atoms with E-state index in [4.69, 9.17) is 5.73 Å². The molecule has 0 aliphatic rings. The van der Waals surface area contributed by atoms with Crippen molar-refractivity contribution in [2.45, 2.75) is 58.9 Å². The molecule has 0 saturated heterocycles. The summed E-state index contributed by atoms with van der Waals surface area (Å²) in [6.07, 6.45) is 5.90. The van der Waals surface area contributed by atoms with Gasteiger partial charge >= 0.3 is 0 Å². The van der Waals surface area contributed by atoms with Crippen molar-refractivity contribution in [3.63, 3.8) is 0 Å². The minimum atomic E-state index is 0.197. The highest BCUT2D eigenvalue weighted by Gasteiger charge is 2.12. The minimum absolute atomic E-state index is 0.197. The Morgan fingerprint density at radius 2 is 1.75 bits per heavy atom. The van der Waals surface area contributed by atoms with Crippen LogP contribution in [0.4, 0.5) is 5.69 Å². The third-order valence-corrected chi connectivity index (χ3v) is 3.98. The number of nitrogens with zero attached hydrogens (tertiary/aromatic N) is 1. The Balaban J connectivity index is 2.96. The number of benzene rings is 1. The summed E-state index contributed by atoms with van der Waals surface area (Å²) in [4.78, 5) is 2.54. The molecule has 1 aromatic carbocycles. The molecule has 0 aliphatic carbocycles. The smallest absolute Gasteiger partial charge is 0.0400 e. The van der Waals surface area contributed by atoms with Gasteiger partial charge in [-0.05, 0) is 49.9 Å². The van der Waals surface area contributed by atoms with Crippen LogP contribution in [0.2, 0.25) is 0 Å². The molecule has 0 amide bonds. The van der Waals surface area contributed by atoms with E-state index in [1.54, 1.807) is 0 Å². The first kappa shape index (κ1) is 17.5. The molecular weight excluding hydrogens is 312 g/mol. The Hall–Kier alpha value is -0.540. The van der Waals surface area contributed by atoms with Gasteiger partial charge in [0.1, 0.15) is 0 Å². The molecule has 114 valence electrons. The van der Waals surface area contributed by atoms with Crippen LogP contribution < -0.4 is 10.6 Å². The number of hydrogen-bond acceptors (Lipinski definition) is 2. The number of rotatable bonds is 9. The lowest BCUT2D eigenvalue weighted by molar-refractivity contribution is 0.669. The van der Waals surface area contributed by atoms with Gasteiger partial charge in [0.15, 0.2) is 0 Å². The lowest BCUT2D eigenvalue weighted by Crippen LogP contribution is -2.28. The van der Waals surface area contributed by atoms with Crippen LogP contribution in [0.3, 0.4) is 0 Å². The third kappa shape index (κ3) is 5.84. The Labute approximate surface area is 132 Å². The molecule has 1 unspecified atom stereocenters. The summed E-state index contributed by atoms with van der Waals surface area (Å²) in [5.74, 6) is 0. The molecule has 3 heteroatoms. The van der Waals surface area contributed by atoms with Crippen molar-refractivity contribution >= 4 is 21.6 Å². The van der Waals surface area contributed by atoms with Gasteiger partial charge in [0.25, 0.3) is 0 Å². The molecule has 1 atom stereocenters. The van der Waals surface area contributed by atoms with Crippen LogP contribution in [0.15, 0.2) is 22.7 Å². The molecule has 0 saturated carbocycles. The fourth-order valence-corrected chi connectivity index (χ4v) is 2.83. The molecule has 1 aromatic rings. The van der Waals surface area contributed by atoms with Crippen LogP contribution >= 0.6 is 15.9 Å². The molecule has 0 heterocycles. The van der Waals surface area contributed by atoms with Gasteiger partial charge < -0.3 is 10.6 Å². The first-order valence-electron chi connectivity index (χ1n) is 7.87. The maximum atomic E-state index is 6.01. The fraction of sp³-hybridized carbons (Fsp3) is 0.647. The van der Waals surface area contributed by atoms with Crippen LogP contribution in [0.5, 0.6) is 0 Å². The molecular formula is C17H29BrN2. The average Bonchev–Trinajstić information content (AvgIpc) is 2.39. The Bertz CT molecular complexity index is 383. The van der Waals surface area contributed by atoms with E-state index >= 15 is 0 Å². The highest BCUT2D eigenvalue weighted by atomic mass is 79.9. The highest BCUT2D eigenvalue weighted by molar-refractivity contribution is 9.10. The summed E-state index contributed by atoms with van der Waals surface area (Å²) in [6, 6.07) is 6.81. The number of nitrogens with two attached hydrogens (primary N) is 1. The molecule has 0 aromatic heterocycles. The van der Waals surface area contributed by atoms with Crippen molar-refractivity contribution in [1.29, 1.82) is 0 Å². The lowest BCUT2D eigenvalue weighted by atomic mass is 10.0. The van der Waals surface area contributed by atoms with E-state index in [1.807, 2.05) is 0 Å². The van der Waals surface area contributed by atoms with E-state index in [0.717, 1.165) is 24.0 Å². The van der Waals surface area contributed by atoms with Crippen LogP contribution in [-0.4, -0.2) is 19.1 Å². The lowest BCUT2D eigenvalue weighted by Gasteiger charge is -2.28. The number of unbranched alkanes of at least 4 members (excludes halogenated alkanes) is 2. The van der Waals surface area contributed by atoms with Gasteiger partial charge in [-0.3, -0.25) is 0 Å². The first-order chi connectivity index (χ1) is 9.58. The number of anilines is 1. The summed E-state index contributed by atoms with van der Waals surface area (Å²) < 4.78 is 1.14. The SMILES string of the molecule is CCCCN(CCCC)c1ccc(Br)cc1CC(C)N. The van der Waals surface area contributed by atoms with Crippen LogP contribution in [0.25, 0.3) is 0 Å². The van der Waals surface area contributed by atoms with Crippen molar-refractivity contribution in [1.82, 2.24) is 0 Å². The Morgan fingerprint density at radius 1 is 1.15 bits per heavy atom. The van der Waals surface area contributed by atoms with E-state index in [0.29, 0.717) is 0 Å². The van der Waals surface area contributed by atoms with Gasteiger partial charge in [0, 0.05) is 29.3 Å². The van der Waals surface area contributed by atoms with Crippen LogP contribution in [0.1, 0.15) is 52.0 Å². The maximum Gasteiger partial charge on any atom is 0.0400 e. The highest BCUT2D eigenvalue weighted by Crippen LogP contribution is 2.26. The minimum Gasteiger partial charge on any atom is -0.371 e. The summed E-state index contributed by atoms with van der Waals surface area (Å²) in [6.45, 7) is 8.87. The van der Waals surface area contributed by atoms with Gasteiger partial charge in [-0.15, -0.1) is 0 Å². The van der Waals surface area contributed by atoms with Gasteiger partial charge in [-0.1, -0.05) is 42.6 Å². The second-order valence-electron chi connectivity index (χ2n) is 5.65. The van der Waals surface area contributed by atoms with Crippen molar-refractivity contribution < 1.29 is 0 Å². The quantitative estimate of drug-likeness (QED) is 0.703. The molecule has 0 fully saturated rings. The molecule has 0 spiro atoms. The average molecular weight is 341 g/mol. The molecule has 0 radical (unpaired) electrons. The largest absolute Gasteiger partial charge is 0.371 e. The monoisotopic (exact) mass is 340 g/mol.